The summed E-state index contributed by atoms with van der Waals surface area (Å²) >= 11 is 5.78. The Bertz CT molecular complexity index is 299. The van der Waals surface area contributed by atoms with Gasteiger partial charge in [-0.05, 0) is 30.2 Å². The maximum absolute atomic E-state index is 9.21. The smallest absolute Gasteiger partial charge is 0.134 e. The molecule has 0 bridgehead atoms. The standard InChI is InChI=1S/C11H16ClNO/c1-8(2)6-13-7-9-3-4-11(14)10(12)5-9/h3-5,8,13-14H,6-7H2,1-2H3. The molecule has 0 heterocycles. The van der Waals surface area contributed by atoms with Crippen molar-refractivity contribution in [2.45, 2.75) is 20.4 Å². The zero-order chi connectivity index (χ0) is 10.6. The summed E-state index contributed by atoms with van der Waals surface area (Å²) in [5.74, 6) is 0.780. The van der Waals surface area contributed by atoms with Crippen molar-refractivity contribution in [3.8, 4) is 5.75 Å². The predicted octanol–water partition coefficient (Wildman–Crippen LogP) is 2.79. The van der Waals surface area contributed by atoms with Crippen LogP contribution in [0.15, 0.2) is 18.2 Å². The summed E-state index contributed by atoms with van der Waals surface area (Å²) in [6.45, 7) is 6.10. The Hall–Kier alpha value is -0.730. The first-order valence-electron chi connectivity index (χ1n) is 4.77. The van der Waals surface area contributed by atoms with Crippen LogP contribution in [0.2, 0.25) is 5.02 Å². The van der Waals surface area contributed by atoms with Crippen LogP contribution >= 0.6 is 11.6 Å². The normalized spacial score (nSPS) is 10.9. The Kier molecular flexibility index (Phi) is 4.23. The molecule has 0 aliphatic rings. The van der Waals surface area contributed by atoms with E-state index < -0.39 is 0 Å². The molecule has 2 N–H and O–H groups in total. The van der Waals surface area contributed by atoms with E-state index in [1.54, 1.807) is 12.1 Å². The van der Waals surface area contributed by atoms with Crippen molar-refractivity contribution in [1.29, 1.82) is 0 Å². The lowest BCUT2D eigenvalue weighted by molar-refractivity contribution is 0.475. The number of aromatic hydroxyl groups is 1. The van der Waals surface area contributed by atoms with E-state index in [0.717, 1.165) is 18.7 Å². The largest absolute Gasteiger partial charge is 0.506 e. The average molecular weight is 214 g/mol. The molecule has 78 valence electrons. The van der Waals surface area contributed by atoms with E-state index in [0.29, 0.717) is 10.9 Å². The molecule has 0 atom stereocenters. The first-order valence-corrected chi connectivity index (χ1v) is 5.15. The van der Waals surface area contributed by atoms with E-state index in [2.05, 4.69) is 19.2 Å². The third-order valence-electron chi connectivity index (χ3n) is 1.89. The molecule has 14 heavy (non-hydrogen) atoms. The summed E-state index contributed by atoms with van der Waals surface area (Å²) in [7, 11) is 0. The molecule has 0 aliphatic carbocycles. The third kappa shape index (κ3) is 3.56. The van der Waals surface area contributed by atoms with Gasteiger partial charge < -0.3 is 10.4 Å². The quantitative estimate of drug-likeness (QED) is 0.806. The maximum Gasteiger partial charge on any atom is 0.134 e. The Balaban J connectivity index is 2.47. The highest BCUT2D eigenvalue weighted by molar-refractivity contribution is 6.32. The van der Waals surface area contributed by atoms with Crippen molar-refractivity contribution in [2.24, 2.45) is 5.92 Å². The summed E-state index contributed by atoms with van der Waals surface area (Å²) in [5, 5.41) is 12.9. The van der Waals surface area contributed by atoms with Crippen molar-refractivity contribution in [2.75, 3.05) is 6.54 Å². The van der Waals surface area contributed by atoms with Crippen LogP contribution in [0.1, 0.15) is 19.4 Å². The molecule has 0 aromatic heterocycles. The van der Waals surface area contributed by atoms with Gasteiger partial charge in [0.1, 0.15) is 5.75 Å². The lowest BCUT2D eigenvalue weighted by Crippen LogP contribution is -2.18. The average Bonchev–Trinajstić information content (AvgIpc) is 2.10. The molecule has 2 nitrogen and oxygen atoms in total. The van der Waals surface area contributed by atoms with Crippen LogP contribution in [0.4, 0.5) is 0 Å². The summed E-state index contributed by atoms with van der Waals surface area (Å²) in [6, 6.07) is 5.27. The van der Waals surface area contributed by atoms with Crippen LogP contribution in [0.5, 0.6) is 5.75 Å². The molecule has 0 spiro atoms. The molecule has 0 unspecified atom stereocenters. The van der Waals surface area contributed by atoms with Gasteiger partial charge in [-0.1, -0.05) is 31.5 Å². The summed E-state index contributed by atoms with van der Waals surface area (Å²) < 4.78 is 0. The third-order valence-corrected chi connectivity index (χ3v) is 2.20. The van der Waals surface area contributed by atoms with Gasteiger partial charge in [-0.2, -0.15) is 0 Å². The van der Waals surface area contributed by atoms with Crippen LogP contribution < -0.4 is 5.32 Å². The van der Waals surface area contributed by atoms with E-state index in [9.17, 15) is 5.11 Å². The number of nitrogens with one attached hydrogen (secondary N) is 1. The lowest BCUT2D eigenvalue weighted by atomic mass is 10.2. The molecule has 1 rings (SSSR count). The minimum atomic E-state index is 0.138. The highest BCUT2D eigenvalue weighted by Crippen LogP contribution is 2.23. The van der Waals surface area contributed by atoms with Crippen LogP contribution in [0.3, 0.4) is 0 Å². The molecule has 1 aromatic rings. The molecule has 0 aliphatic heterocycles. The molecular weight excluding hydrogens is 198 g/mol. The maximum atomic E-state index is 9.21. The monoisotopic (exact) mass is 213 g/mol. The molecule has 1 aromatic carbocycles. The second kappa shape index (κ2) is 5.23. The van der Waals surface area contributed by atoms with E-state index in [1.165, 1.54) is 0 Å². The molecule has 0 fully saturated rings. The number of benzene rings is 1. The van der Waals surface area contributed by atoms with Crippen molar-refractivity contribution < 1.29 is 5.11 Å². The van der Waals surface area contributed by atoms with Crippen LogP contribution in [-0.4, -0.2) is 11.7 Å². The number of halogens is 1. The fourth-order valence-electron chi connectivity index (χ4n) is 1.17. The Morgan fingerprint density at radius 2 is 2.14 bits per heavy atom. The Morgan fingerprint density at radius 1 is 1.43 bits per heavy atom. The first-order chi connectivity index (χ1) is 6.59. The highest BCUT2D eigenvalue weighted by Gasteiger charge is 2.00. The van der Waals surface area contributed by atoms with Gasteiger partial charge in [-0.15, -0.1) is 0 Å². The SMILES string of the molecule is CC(C)CNCc1ccc(O)c(Cl)c1. The first kappa shape index (κ1) is 11.3. The zero-order valence-corrected chi connectivity index (χ0v) is 9.30. The van der Waals surface area contributed by atoms with Crippen molar-refractivity contribution in [3.63, 3.8) is 0 Å². The zero-order valence-electron chi connectivity index (χ0n) is 8.55. The van der Waals surface area contributed by atoms with Crippen LogP contribution in [0.25, 0.3) is 0 Å². The topological polar surface area (TPSA) is 32.3 Å². The fraction of sp³-hybridized carbons (Fsp3) is 0.455. The number of hydrogen-bond donors (Lipinski definition) is 2. The molecular formula is C11H16ClNO. The second-order valence-corrected chi connectivity index (χ2v) is 4.22. The Labute approximate surface area is 89.9 Å². The van der Waals surface area contributed by atoms with Gasteiger partial charge >= 0.3 is 0 Å². The second-order valence-electron chi connectivity index (χ2n) is 3.81. The van der Waals surface area contributed by atoms with Gasteiger partial charge in [0.25, 0.3) is 0 Å². The molecule has 0 radical (unpaired) electrons. The summed E-state index contributed by atoms with van der Waals surface area (Å²) in [6.07, 6.45) is 0. The molecule has 0 saturated carbocycles. The van der Waals surface area contributed by atoms with Crippen molar-refractivity contribution in [1.82, 2.24) is 5.32 Å². The van der Waals surface area contributed by atoms with Gasteiger partial charge in [0, 0.05) is 6.54 Å². The minimum Gasteiger partial charge on any atom is -0.506 e. The Morgan fingerprint density at radius 3 is 2.71 bits per heavy atom. The minimum absolute atomic E-state index is 0.138. The number of rotatable bonds is 4. The van der Waals surface area contributed by atoms with Gasteiger partial charge in [0.15, 0.2) is 0 Å². The van der Waals surface area contributed by atoms with E-state index in [4.69, 9.17) is 11.6 Å². The number of phenols is 1. The lowest BCUT2D eigenvalue weighted by Gasteiger charge is -2.07. The van der Waals surface area contributed by atoms with Crippen molar-refractivity contribution >= 4 is 11.6 Å². The van der Waals surface area contributed by atoms with Gasteiger partial charge in [0.05, 0.1) is 5.02 Å². The van der Waals surface area contributed by atoms with Gasteiger partial charge in [-0.3, -0.25) is 0 Å². The van der Waals surface area contributed by atoms with Gasteiger partial charge in [0.2, 0.25) is 0 Å². The predicted molar refractivity (Wildman–Crippen MR) is 59.7 cm³/mol. The summed E-state index contributed by atoms with van der Waals surface area (Å²) in [5.41, 5.74) is 1.09. The van der Waals surface area contributed by atoms with E-state index in [1.807, 2.05) is 6.07 Å². The fourth-order valence-corrected chi connectivity index (χ4v) is 1.37. The highest BCUT2D eigenvalue weighted by atomic mass is 35.5. The number of hydrogen-bond acceptors (Lipinski definition) is 2. The van der Waals surface area contributed by atoms with Crippen LogP contribution in [-0.2, 0) is 6.54 Å². The molecule has 3 heteroatoms. The summed E-state index contributed by atoms with van der Waals surface area (Å²) in [4.78, 5) is 0. The molecule has 0 saturated heterocycles. The van der Waals surface area contributed by atoms with Crippen LogP contribution in [0, 0.1) is 5.92 Å². The van der Waals surface area contributed by atoms with E-state index >= 15 is 0 Å². The molecule has 0 amide bonds. The van der Waals surface area contributed by atoms with E-state index in [-0.39, 0.29) is 5.75 Å². The number of phenolic OH excluding ortho intramolecular Hbond substituents is 1. The van der Waals surface area contributed by atoms with Crippen molar-refractivity contribution in [3.05, 3.63) is 28.8 Å². The van der Waals surface area contributed by atoms with Gasteiger partial charge in [-0.25, -0.2) is 0 Å².